The highest BCUT2D eigenvalue weighted by Crippen LogP contribution is 2.37. The summed E-state index contributed by atoms with van der Waals surface area (Å²) >= 11 is 6.14. The van der Waals surface area contributed by atoms with Crippen LogP contribution in [0.3, 0.4) is 0 Å². The van der Waals surface area contributed by atoms with Gasteiger partial charge in [0.2, 0.25) is 5.91 Å². The van der Waals surface area contributed by atoms with E-state index in [1.807, 2.05) is 42.5 Å². The van der Waals surface area contributed by atoms with Gasteiger partial charge in [0.25, 0.3) is 10.0 Å². The Bertz CT molecular complexity index is 1510. The van der Waals surface area contributed by atoms with E-state index in [0.29, 0.717) is 10.4 Å². The molecule has 0 aromatic heterocycles. The van der Waals surface area contributed by atoms with Crippen LogP contribution in [0.1, 0.15) is 11.1 Å². The summed E-state index contributed by atoms with van der Waals surface area (Å²) in [5.41, 5.74) is -0.764. The van der Waals surface area contributed by atoms with Crippen LogP contribution in [0.25, 0.3) is 10.8 Å². The monoisotopic (exact) mass is 532 g/mol. The number of anilines is 1. The first kappa shape index (κ1) is 25.5. The number of carbonyl (C=O) groups excluding carboxylic acids is 1. The van der Waals surface area contributed by atoms with Crippen LogP contribution in [0.15, 0.2) is 95.9 Å². The first-order valence-electron chi connectivity index (χ1n) is 10.7. The van der Waals surface area contributed by atoms with Crippen LogP contribution in [0.4, 0.5) is 18.9 Å². The average Bonchev–Trinajstić information content (AvgIpc) is 2.86. The summed E-state index contributed by atoms with van der Waals surface area (Å²) in [5.74, 6) is -0.712. The minimum absolute atomic E-state index is 0.0964. The van der Waals surface area contributed by atoms with Crippen molar-refractivity contribution in [1.82, 2.24) is 5.32 Å². The van der Waals surface area contributed by atoms with Crippen molar-refractivity contribution in [2.45, 2.75) is 17.6 Å². The molecule has 1 amide bonds. The van der Waals surface area contributed by atoms with Crippen molar-refractivity contribution in [2.75, 3.05) is 10.8 Å². The molecule has 36 heavy (non-hydrogen) atoms. The van der Waals surface area contributed by atoms with Crippen molar-refractivity contribution in [3.8, 4) is 0 Å². The van der Waals surface area contributed by atoms with E-state index in [4.69, 9.17) is 11.6 Å². The van der Waals surface area contributed by atoms with Crippen LogP contribution >= 0.6 is 11.6 Å². The maximum Gasteiger partial charge on any atom is 0.416 e. The molecule has 1 N–H and O–H groups in total. The Morgan fingerprint density at radius 2 is 1.53 bits per heavy atom. The molecule has 5 nitrogen and oxygen atoms in total. The van der Waals surface area contributed by atoms with Crippen LogP contribution < -0.4 is 9.62 Å². The van der Waals surface area contributed by atoms with Gasteiger partial charge in [0.15, 0.2) is 0 Å². The highest BCUT2D eigenvalue weighted by atomic mass is 35.5. The molecule has 4 rings (SSSR count). The lowest BCUT2D eigenvalue weighted by Crippen LogP contribution is -2.41. The Morgan fingerprint density at radius 1 is 0.861 bits per heavy atom. The number of hydrogen-bond donors (Lipinski definition) is 1. The predicted octanol–water partition coefficient (Wildman–Crippen LogP) is 6.02. The average molecular weight is 533 g/mol. The van der Waals surface area contributed by atoms with E-state index in [0.717, 1.165) is 28.5 Å². The normalized spacial score (nSPS) is 11.9. The van der Waals surface area contributed by atoms with Gasteiger partial charge in [-0.2, -0.15) is 13.2 Å². The van der Waals surface area contributed by atoms with Gasteiger partial charge in [-0.05, 0) is 52.7 Å². The van der Waals surface area contributed by atoms with E-state index in [1.165, 1.54) is 24.3 Å². The molecule has 0 aliphatic heterocycles. The Morgan fingerprint density at radius 3 is 2.22 bits per heavy atom. The van der Waals surface area contributed by atoms with Crippen molar-refractivity contribution in [1.29, 1.82) is 0 Å². The molecule has 0 bridgehead atoms. The molecule has 0 unspecified atom stereocenters. The lowest BCUT2D eigenvalue weighted by Gasteiger charge is -2.26. The topological polar surface area (TPSA) is 66.5 Å². The van der Waals surface area contributed by atoms with Gasteiger partial charge in [-0.15, -0.1) is 0 Å². The van der Waals surface area contributed by atoms with Crippen LogP contribution in [0.2, 0.25) is 5.02 Å². The number of rotatable bonds is 7. The van der Waals surface area contributed by atoms with Gasteiger partial charge in [0, 0.05) is 6.54 Å². The maximum atomic E-state index is 13.4. The molecule has 186 valence electrons. The third-order valence-electron chi connectivity index (χ3n) is 5.46. The van der Waals surface area contributed by atoms with E-state index in [1.54, 1.807) is 6.07 Å². The smallest absolute Gasteiger partial charge is 0.350 e. The lowest BCUT2D eigenvalue weighted by molar-refractivity contribution is -0.137. The van der Waals surface area contributed by atoms with Crippen molar-refractivity contribution < 1.29 is 26.4 Å². The number of carbonyl (C=O) groups is 1. The second-order valence-corrected chi connectivity index (χ2v) is 10.2. The van der Waals surface area contributed by atoms with Crippen LogP contribution in [-0.4, -0.2) is 20.9 Å². The molecule has 0 aliphatic carbocycles. The van der Waals surface area contributed by atoms with Gasteiger partial charge in [-0.1, -0.05) is 66.2 Å². The van der Waals surface area contributed by atoms with Gasteiger partial charge >= 0.3 is 6.18 Å². The Balaban J connectivity index is 1.64. The second kappa shape index (κ2) is 10.2. The van der Waals surface area contributed by atoms with E-state index < -0.39 is 39.9 Å². The summed E-state index contributed by atoms with van der Waals surface area (Å²) in [4.78, 5) is 12.7. The quantitative estimate of drug-likeness (QED) is 0.316. The summed E-state index contributed by atoms with van der Waals surface area (Å²) < 4.78 is 67.5. The molecule has 0 atom stereocenters. The second-order valence-electron chi connectivity index (χ2n) is 7.95. The van der Waals surface area contributed by atoms with Crippen molar-refractivity contribution in [3.05, 3.63) is 107 Å². The summed E-state index contributed by atoms with van der Waals surface area (Å²) in [5, 5.41) is 4.38. The summed E-state index contributed by atoms with van der Waals surface area (Å²) in [6, 6.07) is 22.7. The van der Waals surface area contributed by atoms with E-state index in [2.05, 4.69) is 5.32 Å². The molecule has 0 aliphatic rings. The zero-order chi connectivity index (χ0) is 25.9. The molecule has 0 radical (unpaired) electrons. The third kappa shape index (κ3) is 5.63. The van der Waals surface area contributed by atoms with Gasteiger partial charge in [0.1, 0.15) is 6.54 Å². The fourth-order valence-corrected chi connectivity index (χ4v) is 5.36. The zero-order valence-corrected chi connectivity index (χ0v) is 20.2. The number of halogens is 4. The Labute approximate surface area is 211 Å². The molecule has 0 saturated carbocycles. The zero-order valence-electron chi connectivity index (χ0n) is 18.7. The third-order valence-corrected chi connectivity index (χ3v) is 7.56. The number of hydrogen-bond acceptors (Lipinski definition) is 3. The lowest BCUT2D eigenvalue weighted by atomic mass is 10.1. The van der Waals surface area contributed by atoms with Gasteiger partial charge < -0.3 is 5.32 Å². The number of alkyl halides is 3. The van der Waals surface area contributed by atoms with E-state index in [-0.39, 0.29) is 16.5 Å². The first-order chi connectivity index (χ1) is 17.1. The predicted molar refractivity (Wildman–Crippen MR) is 133 cm³/mol. The summed E-state index contributed by atoms with van der Waals surface area (Å²) in [6.07, 6.45) is -4.74. The number of fused-ring (bicyclic) bond motifs is 1. The van der Waals surface area contributed by atoms with Gasteiger partial charge in [-0.3, -0.25) is 9.10 Å². The molecular weight excluding hydrogens is 513 g/mol. The molecule has 4 aromatic rings. The molecule has 10 heteroatoms. The van der Waals surface area contributed by atoms with Crippen LogP contribution in [0, 0.1) is 0 Å². The molecule has 0 fully saturated rings. The van der Waals surface area contributed by atoms with Crippen molar-refractivity contribution in [3.63, 3.8) is 0 Å². The number of nitrogens with one attached hydrogen (secondary N) is 1. The number of nitrogens with zero attached hydrogens (tertiary/aromatic N) is 1. The standard InChI is InChI=1S/C26H20ClF3N2O3S/c27-23-13-12-21(26(28,29)30)15-24(23)32(36(34,35)22-8-2-1-3-9-22)17-25(33)31-16-18-10-11-19-6-4-5-7-20(19)14-18/h1-15H,16-17H2,(H,31,33). The Hall–Kier alpha value is -3.56. The molecular formula is C26H20ClF3N2O3S. The SMILES string of the molecule is O=C(CN(c1cc(C(F)(F)F)ccc1Cl)S(=O)(=O)c1ccccc1)NCc1ccc2ccccc2c1. The largest absolute Gasteiger partial charge is 0.416 e. The first-order valence-corrected chi connectivity index (χ1v) is 12.6. The fourth-order valence-electron chi connectivity index (χ4n) is 3.64. The number of amides is 1. The van der Waals surface area contributed by atoms with Crippen LogP contribution in [0.5, 0.6) is 0 Å². The molecule has 0 spiro atoms. The summed E-state index contributed by atoms with van der Waals surface area (Å²) in [7, 11) is -4.42. The number of sulfonamides is 1. The van der Waals surface area contributed by atoms with Crippen molar-refractivity contribution >= 4 is 44.0 Å². The summed E-state index contributed by atoms with van der Waals surface area (Å²) in [6.45, 7) is -0.676. The van der Waals surface area contributed by atoms with Gasteiger partial charge in [-0.25, -0.2) is 8.42 Å². The minimum Gasteiger partial charge on any atom is -0.350 e. The van der Waals surface area contributed by atoms with Crippen molar-refractivity contribution in [2.24, 2.45) is 0 Å². The number of benzene rings is 4. The fraction of sp³-hybridized carbons (Fsp3) is 0.115. The molecule has 4 aromatic carbocycles. The minimum atomic E-state index is -4.74. The van der Waals surface area contributed by atoms with E-state index in [9.17, 15) is 26.4 Å². The highest BCUT2D eigenvalue weighted by Gasteiger charge is 2.34. The molecule has 0 saturated heterocycles. The molecule has 0 heterocycles. The van der Waals surface area contributed by atoms with Gasteiger partial charge in [0.05, 0.1) is 21.2 Å². The van der Waals surface area contributed by atoms with E-state index >= 15 is 0 Å². The maximum absolute atomic E-state index is 13.4. The Kier molecular flexibility index (Phi) is 7.23. The van der Waals surface area contributed by atoms with Crippen LogP contribution in [-0.2, 0) is 27.5 Å². The highest BCUT2D eigenvalue weighted by molar-refractivity contribution is 7.92.